The Morgan fingerprint density at radius 1 is 1.57 bits per heavy atom. The number of halogens is 2. The molecule has 1 heterocycles. The Bertz CT molecular complexity index is 516. The minimum absolute atomic E-state index is 0.164. The van der Waals surface area contributed by atoms with Crippen molar-refractivity contribution in [2.24, 2.45) is 5.92 Å². The van der Waals surface area contributed by atoms with Crippen LogP contribution in [-0.4, -0.2) is 28.1 Å². The lowest BCUT2D eigenvalue weighted by Crippen LogP contribution is -2.45. The zero-order chi connectivity index (χ0) is 15.5. The van der Waals surface area contributed by atoms with E-state index in [0.717, 1.165) is 32.1 Å². The fourth-order valence-electron chi connectivity index (χ4n) is 2.72. The van der Waals surface area contributed by atoms with Crippen molar-refractivity contribution in [1.82, 2.24) is 10.3 Å². The monoisotopic (exact) mass is 374 g/mol. The van der Waals surface area contributed by atoms with Gasteiger partial charge >= 0.3 is 0 Å². The summed E-state index contributed by atoms with van der Waals surface area (Å²) < 4.78 is 0.694. The lowest BCUT2D eigenvalue weighted by atomic mass is 9.78. The second-order valence-electron chi connectivity index (χ2n) is 5.75. The second-order valence-corrected chi connectivity index (χ2v) is 7.02. The predicted molar refractivity (Wildman–Crippen MR) is 86.5 cm³/mol. The smallest absolute Gasteiger partial charge is 0.254 e. The van der Waals surface area contributed by atoms with E-state index in [4.69, 9.17) is 11.6 Å². The van der Waals surface area contributed by atoms with Crippen LogP contribution in [0.15, 0.2) is 16.7 Å². The number of aromatic nitrogens is 1. The van der Waals surface area contributed by atoms with Gasteiger partial charge in [0.05, 0.1) is 11.2 Å². The zero-order valence-corrected chi connectivity index (χ0v) is 14.4. The Morgan fingerprint density at radius 2 is 2.24 bits per heavy atom. The van der Waals surface area contributed by atoms with Crippen LogP contribution in [0.25, 0.3) is 0 Å². The third kappa shape index (κ3) is 4.41. The Hall–Kier alpha value is -0.650. The van der Waals surface area contributed by atoms with E-state index in [1.807, 2.05) is 0 Å². The van der Waals surface area contributed by atoms with Gasteiger partial charge in [0, 0.05) is 17.2 Å². The van der Waals surface area contributed by atoms with E-state index in [9.17, 15) is 9.90 Å². The molecule has 1 amide bonds. The van der Waals surface area contributed by atoms with Crippen LogP contribution < -0.4 is 5.32 Å². The molecule has 0 atom stereocenters. The molecule has 1 aromatic rings. The predicted octanol–water partition coefficient (Wildman–Crippen LogP) is 3.56. The van der Waals surface area contributed by atoms with Crippen LogP contribution >= 0.6 is 27.5 Å². The first kappa shape index (κ1) is 16.7. The minimum atomic E-state index is -0.798. The summed E-state index contributed by atoms with van der Waals surface area (Å²) in [5, 5.41) is 13.5. The van der Waals surface area contributed by atoms with Gasteiger partial charge in [-0.2, -0.15) is 0 Å². The second kappa shape index (κ2) is 7.07. The Labute approximate surface area is 138 Å². The van der Waals surface area contributed by atoms with Crippen LogP contribution in [0.5, 0.6) is 0 Å². The van der Waals surface area contributed by atoms with Crippen molar-refractivity contribution in [3.05, 3.63) is 27.5 Å². The van der Waals surface area contributed by atoms with Crippen molar-refractivity contribution in [2.45, 2.75) is 44.6 Å². The summed E-state index contributed by atoms with van der Waals surface area (Å²) in [5.74, 6) is 0.393. The highest BCUT2D eigenvalue weighted by atomic mass is 79.9. The number of pyridine rings is 1. The summed E-state index contributed by atoms with van der Waals surface area (Å²) in [4.78, 5) is 16.1. The molecule has 1 aromatic heterocycles. The topological polar surface area (TPSA) is 62.2 Å². The summed E-state index contributed by atoms with van der Waals surface area (Å²) in [5.41, 5.74) is -0.482. The first-order valence-electron chi connectivity index (χ1n) is 7.25. The van der Waals surface area contributed by atoms with Crippen molar-refractivity contribution in [2.75, 3.05) is 6.54 Å². The Balaban J connectivity index is 1.93. The van der Waals surface area contributed by atoms with E-state index in [-0.39, 0.29) is 17.6 Å². The third-order valence-electron chi connectivity index (χ3n) is 4.24. The highest BCUT2D eigenvalue weighted by Gasteiger charge is 2.33. The van der Waals surface area contributed by atoms with Gasteiger partial charge in [-0.3, -0.25) is 4.79 Å². The summed E-state index contributed by atoms with van der Waals surface area (Å²) in [6.07, 6.45) is 6.19. The van der Waals surface area contributed by atoms with Gasteiger partial charge in [-0.15, -0.1) is 0 Å². The highest BCUT2D eigenvalue weighted by Crippen LogP contribution is 2.33. The molecule has 4 nitrogen and oxygen atoms in total. The molecule has 0 aliphatic heterocycles. The molecule has 2 rings (SSSR count). The fourth-order valence-corrected chi connectivity index (χ4v) is 3.24. The SMILES string of the molecule is CCC1CCC(O)(CNC(=O)c2cc(Br)cnc2Cl)CC1. The summed E-state index contributed by atoms with van der Waals surface area (Å²) in [7, 11) is 0. The third-order valence-corrected chi connectivity index (χ3v) is 4.98. The van der Waals surface area contributed by atoms with Crippen LogP contribution in [0.3, 0.4) is 0 Å². The molecule has 1 aliphatic rings. The molecule has 1 saturated carbocycles. The van der Waals surface area contributed by atoms with Crippen LogP contribution in [0.1, 0.15) is 49.4 Å². The van der Waals surface area contributed by atoms with Crippen LogP contribution in [0, 0.1) is 5.92 Å². The highest BCUT2D eigenvalue weighted by molar-refractivity contribution is 9.10. The van der Waals surface area contributed by atoms with E-state index in [2.05, 4.69) is 33.2 Å². The normalized spacial score (nSPS) is 25.6. The number of carbonyl (C=O) groups is 1. The molecule has 6 heteroatoms. The maximum atomic E-state index is 12.2. The van der Waals surface area contributed by atoms with Crippen molar-refractivity contribution in [1.29, 1.82) is 0 Å². The molecule has 0 saturated heterocycles. The number of aliphatic hydroxyl groups is 1. The van der Waals surface area contributed by atoms with Gasteiger partial charge in [-0.1, -0.05) is 24.9 Å². The first-order chi connectivity index (χ1) is 9.93. The molecular formula is C15H20BrClN2O2. The maximum Gasteiger partial charge on any atom is 0.254 e. The van der Waals surface area contributed by atoms with Gasteiger partial charge in [0.15, 0.2) is 0 Å². The summed E-state index contributed by atoms with van der Waals surface area (Å²) in [6, 6.07) is 1.63. The van der Waals surface area contributed by atoms with E-state index >= 15 is 0 Å². The van der Waals surface area contributed by atoms with Gasteiger partial charge in [0.25, 0.3) is 5.91 Å². The quantitative estimate of drug-likeness (QED) is 0.791. The van der Waals surface area contributed by atoms with Crippen LogP contribution in [0.2, 0.25) is 5.15 Å². The number of nitrogens with zero attached hydrogens (tertiary/aromatic N) is 1. The number of nitrogens with one attached hydrogen (secondary N) is 1. The first-order valence-corrected chi connectivity index (χ1v) is 8.42. The molecule has 0 spiro atoms. The van der Waals surface area contributed by atoms with E-state index in [1.54, 1.807) is 12.3 Å². The standard InChI is InChI=1S/C15H20BrClN2O2/c1-2-10-3-5-15(21,6-4-10)9-19-14(20)12-7-11(16)8-18-13(12)17/h7-8,10,21H,2-6,9H2,1H3,(H,19,20). The van der Waals surface area contributed by atoms with Crippen LogP contribution in [-0.2, 0) is 0 Å². The number of amides is 1. The Morgan fingerprint density at radius 3 is 2.86 bits per heavy atom. The average molecular weight is 376 g/mol. The fraction of sp³-hybridized carbons (Fsp3) is 0.600. The lowest BCUT2D eigenvalue weighted by Gasteiger charge is -2.35. The molecule has 2 N–H and O–H groups in total. The van der Waals surface area contributed by atoms with Crippen molar-refractivity contribution in [3.8, 4) is 0 Å². The molecule has 1 fully saturated rings. The van der Waals surface area contributed by atoms with Gasteiger partial charge in [-0.05, 0) is 53.6 Å². The van der Waals surface area contributed by atoms with Gasteiger partial charge in [0.2, 0.25) is 0 Å². The number of hydrogen-bond acceptors (Lipinski definition) is 3. The average Bonchev–Trinajstić information content (AvgIpc) is 2.48. The number of hydrogen-bond donors (Lipinski definition) is 2. The molecule has 21 heavy (non-hydrogen) atoms. The molecule has 1 aliphatic carbocycles. The molecule has 0 radical (unpaired) electrons. The van der Waals surface area contributed by atoms with Crippen molar-refractivity contribution >= 4 is 33.4 Å². The molecular weight excluding hydrogens is 356 g/mol. The van der Waals surface area contributed by atoms with E-state index < -0.39 is 5.60 Å². The van der Waals surface area contributed by atoms with Crippen molar-refractivity contribution in [3.63, 3.8) is 0 Å². The number of carbonyl (C=O) groups excluding carboxylic acids is 1. The minimum Gasteiger partial charge on any atom is -0.388 e. The van der Waals surface area contributed by atoms with Gasteiger partial charge in [0.1, 0.15) is 5.15 Å². The zero-order valence-electron chi connectivity index (χ0n) is 12.0. The molecule has 0 unspecified atom stereocenters. The molecule has 0 bridgehead atoms. The largest absolute Gasteiger partial charge is 0.388 e. The van der Waals surface area contributed by atoms with Gasteiger partial charge in [-0.25, -0.2) is 4.98 Å². The van der Waals surface area contributed by atoms with Crippen molar-refractivity contribution < 1.29 is 9.90 Å². The maximum absolute atomic E-state index is 12.2. The molecule has 0 aromatic carbocycles. The number of rotatable bonds is 4. The summed E-state index contributed by atoms with van der Waals surface area (Å²) in [6.45, 7) is 2.43. The molecule has 116 valence electrons. The van der Waals surface area contributed by atoms with Crippen LogP contribution in [0.4, 0.5) is 0 Å². The van der Waals surface area contributed by atoms with E-state index in [0.29, 0.717) is 16.0 Å². The lowest BCUT2D eigenvalue weighted by molar-refractivity contribution is -0.00786. The summed E-state index contributed by atoms with van der Waals surface area (Å²) >= 11 is 9.20. The van der Waals surface area contributed by atoms with Gasteiger partial charge < -0.3 is 10.4 Å². The Kier molecular flexibility index (Phi) is 5.63. The van der Waals surface area contributed by atoms with E-state index in [1.165, 1.54) is 0 Å².